The molecule has 1 heterocycles. The van der Waals surface area contributed by atoms with Crippen molar-refractivity contribution < 1.29 is 14.7 Å². The second kappa shape index (κ2) is 7.19. The Morgan fingerprint density at radius 1 is 1.33 bits per heavy atom. The maximum absolute atomic E-state index is 12.0. The first kappa shape index (κ1) is 15.5. The van der Waals surface area contributed by atoms with Crippen LogP contribution in [0.3, 0.4) is 0 Å². The molecule has 0 saturated carbocycles. The first-order valence-corrected chi connectivity index (χ1v) is 7.13. The first-order valence-electron chi connectivity index (χ1n) is 7.13. The predicted molar refractivity (Wildman–Crippen MR) is 80.7 cm³/mol. The minimum absolute atomic E-state index is 0.0700. The Bertz CT molecular complexity index is 523. The molecule has 1 amide bonds. The number of rotatable bonds is 4. The van der Waals surface area contributed by atoms with Crippen molar-refractivity contribution in [3.05, 3.63) is 29.3 Å². The van der Waals surface area contributed by atoms with Gasteiger partial charge in [-0.05, 0) is 50.2 Å². The second-order valence-electron chi connectivity index (χ2n) is 5.26. The van der Waals surface area contributed by atoms with Crippen LogP contribution >= 0.6 is 0 Å². The van der Waals surface area contributed by atoms with Crippen LogP contribution in [0.25, 0.3) is 0 Å². The minimum Gasteiger partial charge on any atom is -0.478 e. The third kappa shape index (κ3) is 4.54. The number of aromatic carboxylic acids is 1. The van der Waals surface area contributed by atoms with Crippen LogP contribution in [-0.2, 0) is 4.79 Å². The number of benzene rings is 1. The smallest absolute Gasteiger partial charge is 0.335 e. The number of nitrogens with zero attached hydrogens (tertiary/aromatic N) is 1. The van der Waals surface area contributed by atoms with Crippen molar-refractivity contribution in [3.63, 3.8) is 0 Å². The van der Waals surface area contributed by atoms with Gasteiger partial charge in [0, 0.05) is 18.8 Å². The van der Waals surface area contributed by atoms with Crippen molar-refractivity contribution in [1.29, 1.82) is 0 Å². The van der Waals surface area contributed by atoms with E-state index < -0.39 is 5.97 Å². The van der Waals surface area contributed by atoms with Gasteiger partial charge in [0.1, 0.15) is 0 Å². The van der Waals surface area contributed by atoms with Crippen molar-refractivity contribution in [2.75, 3.05) is 38.0 Å². The SMILES string of the molecule is Cc1cc(NC(=O)CN2CCCNCC2)ccc1C(=O)O. The number of anilines is 1. The van der Waals surface area contributed by atoms with E-state index in [0.29, 0.717) is 17.8 Å². The molecule has 1 aromatic carbocycles. The van der Waals surface area contributed by atoms with Gasteiger partial charge >= 0.3 is 5.97 Å². The zero-order valence-electron chi connectivity index (χ0n) is 12.2. The molecule has 114 valence electrons. The van der Waals surface area contributed by atoms with E-state index in [-0.39, 0.29) is 11.5 Å². The highest BCUT2D eigenvalue weighted by Gasteiger charge is 2.13. The summed E-state index contributed by atoms with van der Waals surface area (Å²) < 4.78 is 0. The number of hydrogen-bond donors (Lipinski definition) is 3. The lowest BCUT2D eigenvalue weighted by Crippen LogP contribution is -2.35. The number of aryl methyl sites for hydroxylation is 1. The van der Waals surface area contributed by atoms with Crippen LogP contribution in [0.2, 0.25) is 0 Å². The van der Waals surface area contributed by atoms with E-state index in [0.717, 1.165) is 32.6 Å². The number of carbonyl (C=O) groups is 2. The predicted octanol–water partition coefficient (Wildman–Crippen LogP) is 0.927. The van der Waals surface area contributed by atoms with Crippen molar-refractivity contribution in [1.82, 2.24) is 10.2 Å². The molecule has 1 fully saturated rings. The van der Waals surface area contributed by atoms with Crippen LogP contribution in [0.4, 0.5) is 5.69 Å². The van der Waals surface area contributed by atoms with Crippen molar-refractivity contribution in [3.8, 4) is 0 Å². The quantitative estimate of drug-likeness (QED) is 0.769. The zero-order chi connectivity index (χ0) is 15.2. The number of carbonyl (C=O) groups excluding carboxylic acids is 1. The van der Waals surface area contributed by atoms with Crippen LogP contribution in [0, 0.1) is 6.92 Å². The summed E-state index contributed by atoms with van der Waals surface area (Å²) in [6.07, 6.45) is 1.04. The van der Waals surface area contributed by atoms with E-state index in [1.807, 2.05) is 0 Å². The number of carboxylic acids is 1. The summed E-state index contributed by atoms with van der Waals surface area (Å²) in [5, 5.41) is 15.1. The lowest BCUT2D eigenvalue weighted by molar-refractivity contribution is -0.117. The lowest BCUT2D eigenvalue weighted by atomic mass is 10.1. The minimum atomic E-state index is -0.956. The summed E-state index contributed by atoms with van der Waals surface area (Å²) in [5.74, 6) is -1.03. The Hall–Kier alpha value is -1.92. The fourth-order valence-electron chi connectivity index (χ4n) is 2.44. The second-order valence-corrected chi connectivity index (χ2v) is 5.26. The molecular weight excluding hydrogens is 270 g/mol. The van der Waals surface area contributed by atoms with E-state index in [9.17, 15) is 9.59 Å². The number of carboxylic acid groups (broad SMARTS) is 1. The van der Waals surface area contributed by atoms with E-state index in [4.69, 9.17) is 5.11 Å². The average molecular weight is 291 g/mol. The molecule has 0 aliphatic carbocycles. The van der Waals surface area contributed by atoms with Crippen molar-refractivity contribution in [2.45, 2.75) is 13.3 Å². The van der Waals surface area contributed by atoms with Gasteiger partial charge in [-0.25, -0.2) is 4.79 Å². The third-order valence-electron chi connectivity index (χ3n) is 3.54. The molecular formula is C15H21N3O3. The Balaban J connectivity index is 1.93. The summed E-state index contributed by atoms with van der Waals surface area (Å²) in [6, 6.07) is 4.83. The van der Waals surface area contributed by atoms with Crippen molar-refractivity contribution >= 4 is 17.6 Å². The molecule has 0 spiro atoms. The van der Waals surface area contributed by atoms with E-state index >= 15 is 0 Å². The molecule has 2 rings (SSSR count). The summed E-state index contributed by atoms with van der Waals surface area (Å²) in [4.78, 5) is 25.1. The Kier molecular flexibility index (Phi) is 5.30. The van der Waals surface area contributed by atoms with E-state index in [1.54, 1.807) is 19.1 Å². The average Bonchev–Trinajstić information content (AvgIpc) is 2.66. The van der Waals surface area contributed by atoms with Gasteiger partial charge in [0.2, 0.25) is 5.91 Å². The normalized spacial score (nSPS) is 16.2. The van der Waals surface area contributed by atoms with Gasteiger partial charge in [-0.3, -0.25) is 9.69 Å². The molecule has 1 aliphatic heterocycles. The number of nitrogens with one attached hydrogen (secondary N) is 2. The molecule has 0 atom stereocenters. The largest absolute Gasteiger partial charge is 0.478 e. The summed E-state index contributed by atoms with van der Waals surface area (Å²) in [6.45, 7) is 5.76. The standard InChI is InChI=1S/C15H21N3O3/c1-11-9-12(3-4-13(11)15(20)21)17-14(19)10-18-7-2-5-16-6-8-18/h3-4,9,16H,2,5-8,10H2,1H3,(H,17,19)(H,20,21). The van der Waals surface area contributed by atoms with Crippen molar-refractivity contribution in [2.24, 2.45) is 0 Å². The van der Waals surface area contributed by atoms with Crippen LogP contribution in [0.15, 0.2) is 18.2 Å². The molecule has 0 radical (unpaired) electrons. The van der Waals surface area contributed by atoms with Gasteiger partial charge in [-0.15, -0.1) is 0 Å². The highest BCUT2D eigenvalue weighted by molar-refractivity contribution is 5.94. The molecule has 0 unspecified atom stereocenters. The summed E-state index contributed by atoms with van der Waals surface area (Å²) >= 11 is 0. The molecule has 3 N–H and O–H groups in total. The molecule has 0 aromatic heterocycles. The van der Waals surface area contributed by atoms with Gasteiger partial charge in [0.15, 0.2) is 0 Å². The molecule has 0 bridgehead atoms. The molecule has 1 aliphatic rings. The van der Waals surface area contributed by atoms with Crippen LogP contribution in [0.1, 0.15) is 22.3 Å². The van der Waals surface area contributed by atoms with E-state index in [2.05, 4.69) is 15.5 Å². The Morgan fingerprint density at radius 3 is 2.86 bits per heavy atom. The Labute approximate surface area is 124 Å². The lowest BCUT2D eigenvalue weighted by Gasteiger charge is -2.18. The maximum atomic E-state index is 12.0. The highest BCUT2D eigenvalue weighted by Crippen LogP contribution is 2.15. The first-order chi connectivity index (χ1) is 10.1. The molecule has 6 heteroatoms. The topological polar surface area (TPSA) is 81.7 Å². The molecule has 1 aromatic rings. The fourth-order valence-corrected chi connectivity index (χ4v) is 2.44. The zero-order valence-corrected chi connectivity index (χ0v) is 12.2. The monoisotopic (exact) mass is 291 g/mol. The van der Waals surface area contributed by atoms with Gasteiger partial charge in [0.05, 0.1) is 12.1 Å². The third-order valence-corrected chi connectivity index (χ3v) is 3.54. The van der Waals surface area contributed by atoms with Gasteiger partial charge < -0.3 is 15.7 Å². The van der Waals surface area contributed by atoms with Crippen LogP contribution < -0.4 is 10.6 Å². The maximum Gasteiger partial charge on any atom is 0.335 e. The highest BCUT2D eigenvalue weighted by atomic mass is 16.4. The van der Waals surface area contributed by atoms with Gasteiger partial charge in [-0.2, -0.15) is 0 Å². The van der Waals surface area contributed by atoms with Gasteiger partial charge in [-0.1, -0.05) is 0 Å². The van der Waals surface area contributed by atoms with Crippen LogP contribution in [0.5, 0.6) is 0 Å². The molecule has 1 saturated heterocycles. The molecule has 6 nitrogen and oxygen atoms in total. The van der Waals surface area contributed by atoms with E-state index in [1.165, 1.54) is 6.07 Å². The van der Waals surface area contributed by atoms with Gasteiger partial charge in [0.25, 0.3) is 0 Å². The summed E-state index contributed by atoms with van der Waals surface area (Å²) in [7, 11) is 0. The summed E-state index contributed by atoms with van der Waals surface area (Å²) in [5.41, 5.74) is 1.53. The van der Waals surface area contributed by atoms with Crippen LogP contribution in [-0.4, -0.2) is 54.6 Å². The fraction of sp³-hybridized carbons (Fsp3) is 0.467. The Morgan fingerprint density at radius 2 is 2.14 bits per heavy atom. The number of hydrogen-bond acceptors (Lipinski definition) is 4. The number of amides is 1. The molecule has 21 heavy (non-hydrogen) atoms.